The molecule has 0 atom stereocenters. The second-order valence-electron chi connectivity index (χ2n) is 7.53. The molecule has 1 fully saturated rings. The Bertz CT molecular complexity index is 976. The second kappa shape index (κ2) is 7.91. The van der Waals surface area contributed by atoms with Gasteiger partial charge in [-0.25, -0.2) is 4.90 Å². The van der Waals surface area contributed by atoms with E-state index in [2.05, 4.69) is 0 Å². The average Bonchev–Trinajstić information content (AvgIpc) is 3.28. The molecular weight excluding hydrogens is 388 g/mol. The van der Waals surface area contributed by atoms with E-state index in [4.69, 9.17) is 16.3 Å². The van der Waals surface area contributed by atoms with E-state index in [9.17, 15) is 9.59 Å². The quantitative estimate of drug-likeness (QED) is 0.680. The zero-order valence-corrected chi connectivity index (χ0v) is 17.3. The lowest BCUT2D eigenvalue weighted by Crippen LogP contribution is -2.34. The summed E-state index contributed by atoms with van der Waals surface area (Å²) in [5.74, 6) is 0.115. The summed E-state index contributed by atoms with van der Waals surface area (Å²) in [6, 6.07) is 14.2. The van der Waals surface area contributed by atoms with Crippen LogP contribution in [0.1, 0.15) is 32.3 Å². The summed E-state index contributed by atoms with van der Waals surface area (Å²) < 4.78 is 5.71. The van der Waals surface area contributed by atoms with E-state index < -0.39 is 0 Å². The summed E-state index contributed by atoms with van der Waals surface area (Å²) in [6.45, 7) is 5.47. The fourth-order valence-electron chi connectivity index (χ4n) is 3.83. The van der Waals surface area contributed by atoms with Crippen LogP contribution < -0.4 is 9.64 Å². The topological polar surface area (TPSA) is 49.9 Å². The standard InChI is InChI=1S/C23H23ClN2O3/c1-15(2)29-19-10-8-16(9-11-19)20-21(25-12-3-4-13-25)23(28)26(22(20)27)18-7-5-6-17(24)14-18/h5-11,14-15H,3-4,12-13H2,1-2H3. The largest absolute Gasteiger partial charge is 0.491 e. The van der Waals surface area contributed by atoms with E-state index >= 15 is 0 Å². The minimum Gasteiger partial charge on any atom is -0.491 e. The first-order valence-corrected chi connectivity index (χ1v) is 10.2. The Morgan fingerprint density at radius 3 is 2.28 bits per heavy atom. The first-order chi connectivity index (χ1) is 14.0. The number of ether oxygens (including phenoxy) is 1. The SMILES string of the molecule is CC(C)Oc1ccc(C2=C(N3CCCC3)C(=O)N(c3cccc(Cl)c3)C2=O)cc1. The fourth-order valence-corrected chi connectivity index (χ4v) is 4.02. The molecule has 2 aromatic carbocycles. The van der Waals surface area contributed by atoms with Crippen molar-refractivity contribution in [2.75, 3.05) is 18.0 Å². The molecule has 2 aliphatic heterocycles. The van der Waals surface area contributed by atoms with Crippen LogP contribution in [0.5, 0.6) is 5.75 Å². The summed E-state index contributed by atoms with van der Waals surface area (Å²) in [6.07, 6.45) is 2.08. The number of benzene rings is 2. The number of carbonyl (C=O) groups excluding carboxylic acids is 2. The van der Waals surface area contributed by atoms with Gasteiger partial charge in [-0.3, -0.25) is 9.59 Å². The lowest BCUT2D eigenvalue weighted by molar-refractivity contribution is -0.120. The maximum atomic E-state index is 13.4. The third kappa shape index (κ3) is 3.75. The number of halogens is 1. The molecule has 2 aromatic rings. The van der Waals surface area contributed by atoms with Crippen molar-refractivity contribution >= 4 is 34.7 Å². The van der Waals surface area contributed by atoms with Crippen molar-refractivity contribution in [1.29, 1.82) is 0 Å². The first-order valence-electron chi connectivity index (χ1n) is 9.86. The number of rotatable bonds is 5. The van der Waals surface area contributed by atoms with Crippen molar-refractivity contribution in [2.24, 2.45) is 0 Å². The van der Waals surface area contributed by atoms with Gasteiger partial charge < -0.3 is 9.64 Å². The van der Waals surface area contributed by atoms with Gasteiger partial charge in [-0.05, 0) is 62.6 Å². The molecule has 0 spiro atoms. The van der Waals surface area contributed by atoms with Crippen LogP contribution in [0, 0.1) is 0 Å². The minimum absolute atomic E-state index is 0.0632. The third-order valence-corrected chi connectivity index (χ3v) is 5.30. The van der Waals surface area contributed by atoms with E-state index in [0.29, 0.717) is 27.5 Å². The van der Waals surface area contributed by atoms with Crippen LogP contribution in [0.15, 0.2) is 54.2 Å². The highest BCUT2D eigenvalue weighted by atomic mass is 35.5. The van der Waals surface area contributed by atoms with Crippen LogP contribution in [0.25, 0.3) is 5.57 Å². The van der Waals surface area contributed by atoms with Crippen LogP contribution in [0.4, 0.5) is 5.69 Å². The molecule has 1 saturated heterocycles. The normalized spacial score (nSPS) is 17.1. The number of amides is 2. The van der Waals surface area contributed by atoms with Crippen molar-refractivity contribution in [1.82, 2.24) is 4.90 Å². The predicted molar refractivity (Wildman–Crippen MR) is 114 cm³/mol. The average molecular weight is 411 g/mol. The molecule has 29 heavy (non-hydrogen) atoms. The van der Waals surface area contributed by atoms with Crippen molar-refractivity contribution < 1.29 is 14.3 Å². The number of anilines is 1. The Kier molecular flexibility index (Phi) is 5.33. The van der Waals surface area contributed by atoms with Gasteiger partial charge in [0.25, 0.3) is 11.8 Å². The monoisotopic (exact) mass is 410 g/mol. The molecule has 0 aliphatic carbocycles. The third-order valence-electron chi connectivity index (χ3n) is 5.06. The van der Waals surface area contributed by atoms with E-state index in [1.54, 1.807) is 24.3 Å². The van der Waals surface area contributed by atoms with Crippen LogP contribution in [-0.4, -0.2) is 35.9 Å². The molecule has 0 saturated carbocycles. The first kappa shape index (κ1) is 19.5. The van der Waals surface area contributed by atoms with Crippen LogP contribution in [-0.2, 0) is 9.59 Å². The van der Waals surface area contributed by atoms with E-state index in [0.717, 1.165) is 31.7 Å². The van der Waals surface area contributed by atoms with Crippen molar-refractivity contribution in [3.8, 4) is 5.75 Å². The predicted octanol–water partition coefficient (Wildman–Crippen LogP) is 4.51. The molecule has 0 bridgehead atoms. The van der Waals surface area contributed by atoms with E-state index in [1.165, 1.54) is 4.90 Å². The van der Waals surface area contributed by atoms with Gasteiger partial charge in [-0.1, -0.05) is 29.8 Å². The molecule has 5 nitrogen and oxygen atoms in total. The van der Waals surface area contributed by atoms with E-state index in [-0.39, 0.29) is 17.9 Å². The van der Waals surface area contributed by atoms with Crippen molar-refractivity contribution in [3.63, 3.8) is 0 Å². The Hall–Kier alpha value is -2.79. The number of hydrogen-bond acceptors (Lipinski definition) is 4. The highest BCUT2D eigenvalue weighted by Crippen LogP contribution is 2.37. The van der Waals surface area contributed by atoms with Crippen LogP contribution in [0.2, 0.25) is 5.02 Å². The Labute approximate surface area is 175 Å². The zero-order chi connectivity index (χ0) is 20.5. The highest BCUT2D eigenvalue weighted by molar-refractivity contribution is 6.45. The molecule has 2 aliphatic rings. The number of nitrogens with zero attached hydrogens (tertiary/aromatic N) is 2. The van der Waals surface area contributed by atoms with Crippen LogP contribution in [0.3, 0.4) is 0 Å². The van der Waals surface area contributed by atoms with Crippen molar-refractivity contribution in [2.45, 2.75) is 32.8 Å². The summed E-state index contributed by atoms with van der Waals surface area (Å²) in [5, 5.41) is 0.481. The Morgan fingerprint density at radius 1 is 0.966 bits per heavy atom. The van der Waals surface area contributed by atoms with Gasteiger partial charge in [0.15, 0.2) is 0 Å². The summed E-state index contributed by atoms with van der Waals surface area (Å²) >= 11 is 6.11. The molecule has 0 radical (unpaired) electrons. The van der Waals surface area contributed by atoms with Crippen molar-refractivity contribution in [3.05, 3.63) is 64.8 Å². The number of likely N-dealkylation sites (tertiary alicyclic amines) is 1. The maximum absolute atomic E-state index is 13.4. The molecule has 2 amide bonds. The van der Waals surface area contributed by atoms with Gasteiger partial charge in [-0.2, -0.15) is 0 Å². The number of hydrogen-bond donors (Lipinski definition) is 0. The van der Waals surface area contributed by atoms with Gasteiger partial charge in [0.1, 0.15) is 11.4 Å². The van der Waals surface area contributed by atoms with Gasteiger partial charge in [0.2, 0.25) is 0 Å². The van der Waals surface area contributed by atoms with E-state index in [1.807, 2.05) is 43.0 Å². The second-order valence-corrected chi connectivity index (χ2v) is 7.97. The zero-order valence-electron chi connectivity index (χ0n) is 16.5. The van der Waals surface area contributed by atoms with Gasteiger partial charge in [0, 0.05) is 18.1 Å². The smallest absolute Gasteiger partial charge is 0.282 e. The molecule has 0 aromatic heterocycles. The minimum atomic E-state index is -0.323. The molecular formula is C23H23ClN2O3. The molecule has 2 heterocycles. The summed E-state index contributed by atoms with van der Waals surface area (Å²) in [4.78, 5) is 30.0. The lowest BCUT2D eigenvalue weighted by atomic mass is 10.0. The number of carbonyl (C=O) groups is 2. The summed E-state index contributed by atoms with van der Waals surface area (Å²) in [7, 11) is 0. The maximum Gasteiger partial charge on any atom is 0.282 e. The van der Waals surface area contributed by atoms with Gasteiger partial charge in [-0.15, -0.1) is 0 Å². The Balaban J connectivity index is 1.77. The molecule has 4 rings (SSSR count). The Morgan fingerprint density at radius 2 is 1.66 bits per heavy atom. The fraction of sp³-hybridized carbons (Fsp3) is 0.304. The highest BCUT2D eigenvalue weighted by Gasteiger charge is 2.43. The van der Waals surface area contributed by atoms with Gasteiger partial charge in [0.05, 0.1) is 17.4 Å². The lowest BCUT2D eigenvalue weighted by Gasteiger charge is -2.20. The number of imide groups is 1. The molecule has 6 heteroatoms. The summed E-state index contributed by atoms with van der Waals surface area (Å²) in [5.41, 5.74) is 2.11. The molecule has 0 unspecified atom stereocenters. The van der Waals surface area contributed by atoms with Crippen LogP contribution >= 0.6 is 11.6 Å². The molecule has 0 N–H and O–H groups in total. The van der Waals surface area contributed by atoms with Gasteiger partial charge >= 0.3 is 0 Å². The molecule has 150 valence electrons.